The summed E-state index contributed by atoms with van der Waals surface area (Å²) < 4.78 is 5.53. The van der Waals surface area contributed by atoms with Gasteiger partial charge in [0.2, 0.25) is 0 Å². The van der Waals surface area contributed by atoms with Crippen molar-refractivity contribution in [2.75, 3.05) is 26.7 Å². The van der Waals surface area contributed by atoms with E-state index in [4.69, 9.17) is 4.74 Å². The topological polar surface area (TPSA) is 28.6 Å². The number of hydrogen-bond donors (Lipinski definition) is 0. The summed E-state index contributed by atoms with van der Waals surface area (Å²) in [5, 5.41) is 0. The van der Waals surface area contributed by atoms with Crippen molar-refractivity contribution >= 4 is 0 Å². The van der Waals surface area contributed by atoms with Crippen molar-refractivity contribution in [3.63, 3.8) is 0 Å². The molecule has 31 heavy (non-hydrogen) atoms. The molecule has 1 aromatic heterocycles. The third-order valence-electron chi connectivity index (χ3n) is 7.60. The molecule has 0 atom stereocenters. The first kappa shape index (κ1) is 22.3. The fourth-order valence-electron chi connectivity index (χ4n) is 5.56. The van der Waals surface area contributed by atoms with Gasteiger partial charge in [-0.05, 0) is 92.9 Å². The Bertz CT molecular complexity index is 824. The summed E-state index contributed by atoms with van der Waals surface area (Å²) in [5.41, 5.74) is 5.32. The number of likely N-dealkylation sites (tertiary alicyclic amines) is 1. The van der Waals surface area contributed by atoms with Crippen molar-refractivity contribution < 1.29 is 4.74 Å². The van der Waals surface area contributed by atoms with Crippen LogP contribution in [0.4, 0.5) is 0 Å². The maximum Gasteiger partial charge on any atom is 0.122 e. The van der Waals surface area contributed by atoms with Crippen LogP contribution >= 0.6 is 0 Å². The van der Waals surface area contributed by atoms with Crippen molar-refractivity contribution in [2.45, 2.75) is 71.5 Å². The molecule has 4 rings (SSSR count). The number of methoxy groups -OCH3 is 1. The number of benzene rings is 1. The normalized spacial score (nSPS) is 18.7. The van der Waals surface area contributed by atoms with E-state index in [9.17, 15) is 0 Å². The van der Waals surface area contributed by atoms with Gasteiger partial charge in [0.15, 0.2) is 0 Å². The molecule has 1 aromatic carbocycles. The molecule has 2 heterocycles. The monoisotopic (exact) mass is 421 g/mol. The minimum absolute atomic E-state index is 0.786. The van der Waals surface area contributed by atoms with E-state index in [1.165, 1.54) is 73.9 Å². The zero-order valence-corrected chi connectivity index (χ0v) is 19.6. The fraction of sp³-hybridized carbons (Fsp3) is 0.593. The minimum atomic E-state index is 0.786. The van der Waals surface area contributed by atoms with E-state index in [0.29, 0.717) is 0 Å². The lowest BCUT2D eigenvalue weighted by molar-refractivity contribution is 0.106. The van der Waals surface area contributed by atoms with Crippen molar-refractivity contribution in [3.8, 4) is 5.75 Å². The van der Waals surface area contributed by atoms with Crippen LogP contribution in [0.25, 0.3) is 0 Å². The van der Waals surface area contributed by atoms with Gasteiger partial charge in [-0.2, -0.15) is 0 Å². The van der Waals surface area contributed by atoms with E-state index in [-0.39, 0.29) is 0 Å². The highest BCUT2D eigenvalue weighted by Crippen LogP contribution is 2.29. The quantitative estimate of drug-likeness (QED) is 0.573. The van der Waals surface area contributed by atoms with Crippen LogP contribution in [0.3, 0.4) is 0 Å². The minimum Gasteiger partial charge on any atom is -0.496 e. The molecule has 1 aliphatic heterocycles. The Hall–Kier alpha value is -1.91. The van der Waals surface area contributed by atoms with Gasteiger partial charge in [0, 0.05) is 38.1 Å². The molecule has 0 radical (unpaired) electrons. The molecule has 4 heteroatoms. The summed E-state index contributed by atoms with van der Waals surface area (Å²) in [4.78, 5) is 9.77. The summed E-state index contributed by atoms with van der Waals surface area (Å²) in [5.74, 6) is 1.77. The molecule has 0 unspecified atom stereocenters. The highest BCUT2D eigenvalue weighted by atomic mass is 16.5. The number of ether oxygens (including phenoxy) is 1. The van der Waals surface area contributed by atoms with Gasteiger partial charge in [-0.1, -0.05) is 25.0 Å². The molecule has 0 spiro atoms. The lowest BCUT2D eigenvalue weighted by Gasteiger charge is -2.38. The van der Waals surface area contributed by atoms with Crippen molar-refractivity contribution in [1.82, 2.24) is 14.8 Å². The Kier molecular flexibility index (Phi) is 7.62. The summed E-state index contributed by atoms with van der Waals surface area (Å²) in [6, 6.07) is 9.50. The smallest absolute Gasteiger partial charge is 0.122 e. The number of aromatic nitrogens is 1. The molecule has 1 saturated heterocycles. The fourth-order valence-corrected chi connectivity index (χ4v) is 5.56. The van der Waals surface area contributed by atoms with E-state index in [2.05, 4.69) is 52.9 Å². The second kappa shape index (κ2) is 10.6. The first-order chi connectivity index (χ1) is 15.1. The van der Waals surface area contributed by atoms with E-state index in [0.717, 1.165) is 37.3 Å². The van der Waals surface area contributed by atoms with Gasteiger partial charge in [-0.15, -0.1) is 0 Å². The van der Waals surface area contributed by atoms with Crippen LogP contribution in [-0.4, -0.2) is 47.6 Å². The van der Waals surface area contributed by atoms with Crippen LogP contribution in [0, 0.1) is 19.8 Å². The zero-order valence-electron chi connectivity index (χ0n) is 19.6. The van der Waals surface area contributed by atoms with Crippen LogP contribution in [0.15, 0.2) is 36.7 Å². The van der Waals surface area contributed by atoms with Crippen LogP contribution in [0.5, 0.6) is 5.75 Å². The van der Waals surface area contributed by atoms with Gasteiger partial charge >= 0.3 is 0 Å². The van der Waals surface area contributed by atoms with Gasteiger partial charge in [-0.3, -0.25) is 9.88 Å². The summed E-state index contributed by atoms with van der Waals surface area (Å²) in [6.07, 6.45) is 12.3. The number of rotatable bonds is 8. The summed E-state index contributed by atoms with van der Waals surface area (Å²) in [7, 11) is 1.76. The second-order valence-electron chi connectivity index (χ2n) is 9.63. The lowest BCUT2D eigenvalue weighted by atomic mass is 9.94. The van der Waals surface area contributed by atoms with Crippen LogP contribution in [0.1, 0.15) is 60.8 Å². The zero-order chi connectivity index (χ0) is 21.6. The molecule has 2 aromatic rings. The third-order valence-corrected chi connectivity index (χ3v) is 7.60. The Morgan fingerprint density at radius 2 is 1.77 bits per heavy atom. The van der Waals surface area contributed by atoms with Gasteiger partial charge in [-0.25, -0.2) is 0 Å². The molecule has 1 saturated carbocycles. The van der Waals surface area contributed by atoms with Crippen molar-refractivity contribution in [2.24, 2.45) is 5.92 Å². The Morgan fingerprint density at radius 3 is 2.45 bits per heavy atom. The largest absolute Gasteiger partial charge is 0.496 e. The van der Waals surface area contributed by atoms with Crippen LogP contribution in [-0.2, 0) is 13.1 Å². The van der Waals surface area contributed by atoms with Gasteiger partial charge < -0.3 is 9.64 Å². The summed E-state index contributed by atoms with van der Waals surface area (Å²) in [6.45, 7) is 10.1. The molecule has 0 amide bonds. The van der Waals surface area contributed by atoms with E-state index >= 15 is 0 Å². The highest BCUT2D eigenvalue weighted by Gasteiger charge is 2.28. The van der Waals surface area contributed by atoms with Gasteiger partial charge in [0.25, 0.3) is 0 Å². The number of hydrogen-bond acceptors (Lipinski definition) is 4. The van der Waals surface area contributed by atoms with Crippen LogP contribution in [0.2, 0.25) is 0 Å². The standard InChI is InChI=1S/C27H39N3O/c1-21-22(2)27(31-3)11-10-25(21)20-29(19-24-7-6-14-28-17-24)18-23-12-15-30(16-13-23)26-8-4-5-9-26/h6-7,10-11,14,17,23,26H,4-5,8-9,12-13,15-16,18-20H2,1-3H3. The van der Waals surface area contributed by atoms with Gasteiger partial charge in [0.1, 0.15) is 5.75 Å². The molecule has 0 bridgehead atoms. The first-order valence-electron chi connectivity index (χ1n) is 12.1. The molecule has 168 valence electrons. The average molecular weight is 422 g/mol. The summed E-state index contributed by atoms with van der Waals surface area (Å²) >= 11 is 0. The molecule has 2 aliphatic rings. The maximum absolute atomic E-state index is 5.53. The molecular formula is C27H39N3O. The average Bonchev–Trinajstić information content (AvgIpc) is 3.33. The SMILES string of the molecule is COc1ccc(CN(Cc2cccnc2)CC2CCN(C3CCCC3)CC2)c(C)c1C. The van der Waals surface area contributed by atoms with Crippen molar-refractivity contribution in [3.05, 3.63) is 58.9 Å². The maximum atomic E-state index is 5.53. The number of nitrogens with zero attached hydrogens (tertiary/aromatic N) is 3. The second-order valence-corrected chi connectivity index (χ2v) is 9.63. The Morgan fingerprint density at radius 1 is 1.00 bits per heavy atom. The molecule has 1 aliphatic carbocycles. The predicted molar refractivity (Wildman–Crippen MR) is 127 cm³/mol. The molecule has 4 nitrogen and oxygen atoms in total. The molecule has 2 fully saturated rings. The van der Waals surface area contributed by atoms with E-state index < -0.39 is 0 Å². The highest BCUT2D eigenvalue weighted by molar-refractivity contribution is 5.43. The van der Waals surface area contributed by atoms with E-state index in [1.54, 1.807) is 7.11 Å². The van der Waals surface area contributed by atoms with Crippen molar-refractivity contribution in [1.29, 1.82) is 0 Å². The van der Waals surface area contributed by atoms with E-state index in [1.807, 2.05) is 12.4 Å². The Balaban J connectivity index is 1.43. The first-order valence-corrected chi connectivity index (χ1v) is 12.1. The Labute approximate surface area is 188 Å². The third kappa shape index (κ3) is 5.67. The predicted octanol–water partition coefficient (Wildman–Crippen LogP) is 5.36. The number of piperidine rings is 1. The lowest BCUT2D eigenvalue weighted by Crippen LogP contribution is -2.42. The van der Waals surface area contributed by atoms with Crippen LogP contribution < -0.4 is 4.74 Å². The molecular weight excluding hydrogens is 382 g/mol. The molecule has 0 N–H and O–H groups in total. The van der Waals surface area contributed by atoms with Gasteiger partial charge in [0.05, 0.1) is 7.11 Å². The number of pyridine rings is 1.